The Balaban J connectivity index is 2.19. The topological polar surface area (TPSA) is 29.4 Å². The van der Waals surface area contributed by atoms with E-state index in [9.17, 15) is 9.18 Å². The molecule has 1 aliphatic rings. The lowest BCUT2D eigenvalue weighted by Gasteiger charge is -2.09. The molecular weight excluding hydrogens is 225 g/mol. The molecule has 0 atom stereocenters. The Hall–Kier alpha value is -1.12. The molecule has 1 fully saturated rings. The van der Waals surface area contributed by atoms with Crippen LogP contribution in [0.15, 0.2) is 34.2 Å². The number of halogens is 1. The number of carbonyl (C=O) groups excluding carboxylic acids is 1. The van der Waals surface area contributed by atoms with Gasteiger partial charge in [0.05, 0.1) is 12.2 Å². The quantitative estimate of drug-likeness (QED) is 0.447. The molecule has 0 radical (unpaired) electrons. The number of benzene rings is 1. The molecule has 0 aromatic heterocycles. The summed E-state index contributed by atoms with van der Waals surface area (Å²) in [6.07, 6.45) is 3.44. The summed E-state index contributed by atoms with van der Waals surface area (Å²) in [5, 5.41) is 0. The molecule has 1 aromatic carbocycles. The first-order chi connectivity index (χ1) is 7.80. The van der Waals surface area contributed by atoms with Crippen molar-refractivity contribution in [2.24, 2.45) is 4.99 Å². The number of isocyanates is 1. The molecule has 0 amide bonds. The van der Waals surface area contributed by atoms with Crippen LogP contribution < -0.4 is 0 Å². The van der Waals surface area contributed by atoms with Crippen LogP contribution >= 0.6 is 11.8 Å². The zero-order valence-corrected chi connectivity index (χ0v) is 9.60. The van der Waals surface area contributed by atoms with Gasteiger partial charge in [0, 0.05) is 10.6 Å². The molecule has 0 heterocycles. The number of aliphatic imine (C=N–C) groups is 1. The molecule has 1 aliphatic carbocycles. The monoisotopic (exact) mass is 237 g/mol. The molecule has 0 unspecified atom stereocenters. The first-order valence-electron chi connectivity index (χ1n) is 5.19. The third-order valence-electron chi connectivity index (χ3n) is 2.70. The maximum Gasteiger partial charge on any atom is 0.235 e. The van der Waals surface area contributed by atoms with E-state index in [1.807, 2.05) is 24.3 Å². The smallest absolute Gasteiger partial charge is 0.235 e. The van der Waals surface area contributed by atoms with Gasteiger partial charge in [0.15, 0.2) is 0 Å². The molecule has 4 heteroatoms. The third kappa shape index (κ3) is 2.34. The highest BCUT2D eigenvalue weighted by Gasteiger charge is 2.44. The zero-order valence-electron chi connectivity index (χ0n) is 8.78. The Bertz CT molecular complexity index is 425. The van der Waals surface area contributed by atoms with Crippen LogP contribution in [0.3, 0.4) is 0 Å². The van der Waals surface area contributed by atoms with Crippen molar-refractivity contribution in [3.8, 4) is 0 Å². The highest BCUT2D eigenvalue weighted by Crippen LogP contribution is 2.49. The lowest BCUT2D eigenvalue weighted by molar-refractivity contribution is 0.533. The van der Waals surface area contributed by atoms with Crippen molar-refractivity contribution < 1.29 is 9.18 Å². The fourth-order valence-electron chi connectivity index (χ4n) is 1.70. The highest BCUT2D eigenvalue weighted by atomic mass is 32.2. The Morgan fingerprint density at radius 3 is 2.94 bits per heavy atom. The van der Waals surface area contributed by atoms with E-state index < -0.39 is 0 Å². The van der Waals surface area contributed by atoms with Crippen LogP contribution in [0.25, 0.3) is 0 Å². The van der Waals surface area contributed by atoms with Crippen molar-refractivity contribution in [2.45, 2.75) is 23.3 Å². The Kier molecular flexibility index (Phi) is 3.42. The molecule has 0 aliphatic heterocycles. The molecule has 0 bridgehead atoms. The normalized spacial score (nSPS) is 16.6. The van der Waals surface area contributed by atoms with Gasteiger partial charge in [-0.2, -0.15) is 4.99 Å². The number of alkyl halides is 1. The number of hydrogen-bond acceptors (Lipinski definition) is 3. The average molecular weight is 237 g/mol. The van der Waals surface area contributed by atoms with Gasteiger partial charge in [-0.1, -0.05) is 12.1 Å². The van der Waals surface area contributed by atoms with E-state index in [0.717, 1.165) is 23.3 Å². The maximum atomic E-state index is 12.1. The van der Waals surface area contributed by atoms with Crippen LogP contribution in [0.2, 0.25) is 0 Å². The van der Waals surface area contributed by atoms with Gasteiger partial charge in [-0.15, -0.1) is 11.8 Å². The molecule has 1 saturated carbocycles. The lowest BCUT2D eigenvalue weighted by atomic mass is 10.1. The molecule has 16 heavy (non-hydrogen) atoms. The highest BCUT2D eigenvalue weighted by molar-refractivity contribution is 7.99. The summed E-state index contributed by atoms with van der Waals surface area (Å²) < 4.78 is 12.1. The van der Waals surface area contributed by atoms with Crippen molar-refractivity contribution >= 4 is 17.8 Å². The van der Waals surface area contributed by atoms with Gasteiger partial charge in [0.2, 0.25) is 6.08 Å². The van der Waals surface area contributed by atoms with Gasteiger partial charge in [-0.25, -0.2) is 4.79 Å². The lowest BCUT2D eigenvalue weighted by Crippen LogP contribution is -2.01. The van der Waals surface area contributed by atoms with E-state index in [1.54, 1.807) is 6.08 Å². The largest absolute Gasteiger partial charge is 0.250 e. The molecule has 84 valence electrons. The minimum atomic E-state index is -0.327. The molecular formula is C12H12FNOS. The summed E-state index contributed by atoms with van der Waals surface area (Å²) in [4.78, 5) is 15.2. The van der Waals surface area contributed by atoms with Crippen LogP contribution in [-0.2, 0) is 10.3 Å². The van der Waals surface area contributed by atoms with E-state index in [0.29, 0.717) is 5.75 Å². The fourth-order valence-corrected chi connectivity index (χ4v) is 2.40. The van der Waals surface area contributed by atoms with Crippen molar-refractivity contribution in [3.05, 3.63) is 29.8 Å². The standard InChI is InChI=1S/C12H12FNOS/c13-6-7-16-11-3-1-2-10(8-11)12(4-5-12)14-9-15/h1-3,8H,4-7H2. The number of hydrogen-bond donors (Lipinski definition) is 0. The van der Waals surface area contributed by atoms with Crippen molar-refractivity contribution in [1.82, 2.24) is 0 Å². The van der Waals surface area contributed by atoms with Gasteiger partial charge in [-0.3, -0.25) is 4.39 Å². The number of rotatable bonds is 5. The van der Waals surface area contributed by atoms with Gasteiger partial charge >= 0.3 is 0 Å². The second-order valence-electron chi connectivity index (χ2n) is 3.80. The minimum absolute atomic E-state index is 0.325. The van der Waals surface area contributed by atoms with Crippen LogP contribution in [0.4, 0.5) is 4.39 Å². The van der Waals surface area contributed by atoms with E-state index in [1.165, 1.54) is 11.8 Å². The molecule has 0 saturated heterocycles. The summed E-state index contributed by atoms with van der Waals surface area (Å²) in [5.41, 5.74) is 0.716. The summed E-state index contributed by atoms with van der Waals surface area (Å²) >= 11 is 1.48. The van der Waals surface area contributed by atoms with Gasteiger partial charge in [0.25, 0.3) is 0 Å². The van der Waals surface area contributed by atoms with Crippen LogP contribution in [-0.4, -0.2) is 18.5 Å². The SMILES string of the molecule is O=C=NC1(c2cccc(SCCF)c2)CC1. The maximum absolute atomic E-state index is 12.1. The zero-order chi connectivity index (χ0) is 11.4. The predicted octanol–water partition coefficient (Wildman–Crippen LogP) is 3.07. The molecule has 2 rings (SSSR count). The van der Waals surface area contributed by atoms with Crippen LogP contribution in [0.5, 0.6) is 0 Å². The first-order valence-corrected chi connectivity index (χ1v) is 6.18. The fraction of sp³-hybridized carbons (Fsp3) is 0.417. The molecule has 2 nitrogen and oxygen atoms in total. The van der Waals surface area contributed by atoms with Gasteiger partial charge in [-0.05, 0) is 30.5 Å². The number of nitrogens with zero attached hydrogens (tertiary/aromatic N) is 1. The van der Waals surface area contributed by atoms with Crippen LogP contribution in [0, 0.1) is 0 Å². The van der Waals surface area contributed by atoms with E-state index >= 15 is 0 Å². The Morgan fingerprint density at radius 1 is 1.50 bits per heavy atom. The third-order valence-corrected chi connectivity index (χ3v) is 3.65. The first kappa shape index (κ1) is 11.4. The summed E-state index contributed by atoms with van der Waals surface area (Å²) in [5.74, 6) is 0.466. The van der Waals surface area contributed by atoms with E-state index in [-0.39, 0.29) is 12.2 Å². The second kappa shape index (κ2) is 4.81. The Labute approximate surface area is 98.0 Å². The van der Waals surface area contributed by atoms with Crippen molar-refractivity contribution in [2.75, 3.05) is 12.4 Å². The van der Waals surface area contributed by atoms with E-state index in [2.05, 4.69) is 4.99 Å². The van der Waals surface area contributed by atoms with Gasteiger partial charge in [0.1, 0.15) is 0 Å². The average Bonchev–Trinajstić information content (AvgIpc) is 3.08. The van der Waals surface area contributed by atoms with E-state index in [4.69, 9.17) is 0 Å². The van der Waals surface area contributed by atoms with Crippen LogP contribution in [0.1, 0.15) is 18.4 Å². The molecule has 0 N–H and O–H groups in total. The summed E-state index contributed by atoms with van der Waals surface area (Å²) in [6.45, 7) is -0.327. The summed E-state index contributed by atoms with van der Waals surface area (Å²) in [7, 11) is 0. The summed E-state index contributed by atoms with van der Waals surface area (Å²) in [6, 6.07) is 7.84. The minimum Gasteiger partial charge on any atom is -0.250 e. The van der Waals surface area contributed by atoms with Crippen molar-refractivity contribution in [3.63, 3.8) is 0 Å². The predicted molar refractivity (Wildman–Crippen MR) is 62.2 cm³/mol. The number of thioether (sulfide) groups is 1. The van der Waals surface area contributed by atoms with Gasteiger partial charge < -0.3 is 0 Å². The second-order valence-corrected chi connectivity index (χ2v) is 4.97. The molecule has 1 aromatic rings. The van der Waals surface area contributed by atoms with Crippen molar-refractivity contribution in [1.29, 1.82) is 0 Å². The Morgan fingerprint density at radius 2 is 2.31 bits per heavy atom. The molecule has 0 spiro atoms.